The number of benzene rings is 2. The Morgan fingerprint density at radius 3 is 2.60 bits per heavy atom. The predicted molar refractivity (Wildman–Crippen MR) is 78.2 cm³/mol. The van der Waals surface area contributed by atoms with Crippen LogP contribution in [0.4, 0.5) is 17.1 Å². The van der Waals surface area contributed by atoms with E-state index in [0.29, 0.717) is 23.5 Å². The molecule has 20 heavy (non-hydrogen) atoms. The Bertz CT molecular complexity index is 609. The fourth-order valence-electron chi connectivity index (χ4n) is 1.71. The van der Waals surface area contributed by atoms with Crippen molar-refractivity contribution < 1.29 is 14.6 Å². The minimum absolute atomic E-state index is 0.184. The van der Waals surface area contributed by atoms with E-state index in [1.807, 2.05) is 0 Å². The molecule has 0 radical (unpaired) electrons. The second-order valence-corrected chi connectivity index (χ2v) is 4.19. The lowest BCUT2D eigenvalue weighted by Gasteiger charge is -2.11. The van der Waals surface area contributed by atoms with Crippen molar-refractivity contribution in [3.8, 4) is 5.75 Å². The van der Waals surface area contributed by atoms with Gasteiger partial charge in [-0.2, -0.15) is 0 Å². The molecule has 0 atom stereocenters. The number of ether oxygens (including phenoxy) is 1. The quantitative estimate of drug-likeness (QED) is 0.453. The molecule has 0 aliphatic heterocycles. The molecule has 0 aliphatic carbocycles. The van der Waals surface area contributed by atoms with E-state index in [9.17, 15) is 9.90 Å². The topological polar surface area (TPSA) is 84.6 Å². The summed E-state index contributed by atoms with van der Waals surface area (Å²) in [7, 11) is 0. The molecule has 0 amide bonds. The van der Waals surface area contributed by atoms with E-state index in [0.717, 1.165) is 5.69 Å². The van der Waals surface area contributed by atoms with Crippen molar-refractivity contribution in [1.82, 2.24) is 0 Å². The van der Waals surface area contributed by atoms with Gasteiger partial charge in [0.15, 0.2) is 0 Å². The van der Waals surface area contributed by atoms with Crippen molar-refractivity contribution in [1.29, 1.82) is 0 Å². The highest BCUT2D eigenvalue weighted by molar-refractivity contribution is 5.92. The zero-order chi connectivity index (χ0) is 14.5. The maximum absolute atomic E-state index is 11.7. The summed E-state index contributed by atoms with van der Waals surface area (Å²) in [5.41, 5.74) is 8.20. The predicted octanol–water partition coefficient (Wildman–Crippen LogP) is 2.89. The molecule has 5 heteroatoms. The first kappa shape index (κ1) is 13.7. The Morgan fingerprint density at radius 1 is 1.25 bits per heavy atom. The lowest BCUT2D eigenvalue weighted by molar-refractivity contribution is 0.0526. The summed E-state index contributed by atoms with van der Waals surface area (Å²) in [6.45, 7) is 2.08. The number of carbonyl (C=O) groups excluding carboxylic acids is 1. The zero-order valence-electron chi connectivity index (χ0n) is 11.1. The van der Waals surface area contributed by atoms with Crippen LogP contribution >= 0.6 is 0 Å². The molecule has 5 nitrogen and oxygen atoms in total. The van der Waals surface area contributed by atoms with Crippen molar-refractivity contribution >= 4 is 23.0 Å². The van der Waals surface area contributed by atoms with Gasteiger partial charge in [-0.05, 0) is 49.4 Å². The molecule has 0 heterocycles. The van der Waals surface area contributed by atoms with E-state index in [1.165, 1.54) is 0 Å². The molecule has 4 N–H and O–H groups in total. The fraction of sp³-hybridized carbons (Fsp3) is 0.133. The largest absolute Gasteiger partial charge is 0.508 e. The molecular weight excluding hydrogens is 256 g/mol. The maximum Gasteiger partial charge on any atom is 0.338 e. The number of phenolic OH excluding ortho intramolecular Hbond substituents is 1. The van der Waals surface area contributed by atoms with Gasteiger partial charge in [0, 0.05) is 5.69 Å². The second kappa shape index (κ2) is 5.97. The maximum atomic E-state index is 11.7. The van der Waals surface area contributed by atoms with Gasteiger partial charge in [0.05, 0.1) is 23.5 Å². The number of hydrogen-bond acceptors (Lipinski definition) is 5. The second-order valence-electron chi connectivity index (χ2n) is 4.19. The molecule has 0 saturated heterocycles. The van der Waals surface area contributed by atoms with Crippen LogP contribution in [0.15, 0.2) is 42.5 Å². The van der Waals surface area contributed by atoms with Gasteiger partial charge < -0.3 is 20.9 Å². The molecule has 2 aromatic rings. The minimum atomic E-state index is -0.388. The highest BCUT2D eigenvalue weighted by atomic mass is 16.5. The summed E-state index contributed by atoms with van der Waals surface area (Å²) >= 11 is 0. The number of esters is 1. The Morgan fingerprint density at radius 2 is 1.95 bits per heavy atom. The normalized spacial score (nSPS) is 10.1. The number of nitrogen functional groups attached to an aromatic ring is 1. The van der Waals surface area contributed by atoms with E-state index in [4.69, 9.17) is 10.5 Å². The van der Waals surface area contributed by atoms with Crippen LogP contribution in [-0.2, 0) is 4.74 Å². The molecule has 2 aromatic carbocycles. The number of rotatable bonds is 4. The standard InChI is InChI=1S/C15H16N2O3/c1-2-20-15(19)10-3-8-13(16)14(9-10)17-11-4-6-12(18)7-5-11/h3-9,17-18H,2,16H2,1H3. The van der Waals surface area contributed by atoms with Gasteiger partial charge in [0.25, 0.3) is 0 Å². The lowest BCUT2D eigenvalue weighted by atomic mass is 10.1. The van der Waals surface area contributed by atoms with E-state index < -0.39 is 0 Å². The summed E-state index contributed by atoms with van der Waals surface area (Å²) in [6, 6.07) is 11.5. The highest BCUT2D eigenvalue weighted by Crippen LogP contribution is 2.25. The number of aromatic hydroxyl groups is 1. The van der Waals surface area contributed by atoms with Crippen molar-refractivity contribution in [2.24, 2.45) is 0 Å². The van der Waals surface area contributed by atoms with Crippen molar-refractivity contribution in [3.05, 3.63) is 48.0 Å². The van der Waals surface area contributed by atoms with Gasteiger partial charge in [0.2, 0.25) is 0 Å². The third kappa shape index (κ3) is 3.20. The summed E-state index contributed by atoms with van der Waals surface area (Å²) < 4.78 is 4.95. The van der Waals surface area contributed by atoms with Crippen molar-refractivity contribution in [2.75, 3.05) is 17.7 Å². The van der Waals surface area contributed by atoms with E-state index in [-0.39, 0.29) is 11.7 Å². The van der Waals surface area contributed by atoms with Gasteiger partial charge in [-0.15, -0.1) is 0 Å². The molecule has 0 fully saturated rings. The molecule has 0 aromatic heterocycles. The van der Waals surface area contributed by atoms with Crippen LogP contribution in [-0.4, -0.2) is 17.7 Å². The summed E-state index contributed by atoms with van der Waals surface area (Å²) in [5, 5.41) is 12.3. The van der Waals surface area contributed by atoms with Crippen LogP contribution in [0.5, 0.6) is 5.75 Å². The fourth-order valence-corrected chi connectivity index (χ4v) is 1.71. The number of nitrogens with one attached hydrogen (secondary N) is 1. The van der Waals surface area contributed by atoms with Gasteiger partial charge >= 0.3 is 5.97 Å². The molecule has 0 unspecified atom stereocenters. The number of carbonyl (C=O) groups is 1. The molecule has 0 bridgehead atoms. The van der Waals surface area contributed by atoms with Crippen LogP contribution < -0.4 is 11.1 Å². The Labute approximate surface area is 117 Å². The SMILES string of the molecule is CCOC(=O)c1ccc(N)c(Nc2ccc(O)cc2)c1. The minimum Gasteiger partial charge on any atom is -0.508 e. The summed E-state index contributed by atoms with van der Waals surface area (Å²) in [4.78, 5) is 11.7. The molecule has 0 spiro atoms. The van der Waals surface area contributed by atoms with Crippen LogP contribution in [0.2, 0.25) is 0 Å². The molecular formula is C15H16N2O3. The number of hydrogen-bond donors (Lipinski definition) is 3. The average molecular weight is 272 g/mol. The third-order valence-corrected chi connectivity index (χ3v) is 2.71. The monoisotopic (exact) mass is 272 g/mol. The lowest BCUT2D eigenvalue weighted by Crippen LogP contribution is -2.06. The molecule has 2 rings (SSSR count). The number of nitrogens with two attached hydrogens (primary N) is 1. The average Bonchev–Trinajstić information content (AvgIpc) is 2.44. The smallest absolute Gasteiger partial charge is 0.338 e. The highest BCUT2D eigenvalue weighted by Gasteiger charge is 2.09. The van der Waals surface area contributed by atoms with E-state index in [2.05, 4.69) is 5.32 Å². The van der Waals surface area contributed by atoms with Crippen LogP contribution in [0.3, 0.4) is 0 Å². The van der Waals surface area contributed by atoms with Gasteiger partial charge in [-0.1, -0.05) is 0 Å². The van der Waals surface area contributed by atoms with Crippen molar-refractivity contribution in [3.63, 3.8) is 0 Å². The molecule has 0 saturated carbocycles. The van der Waals surface area contributed by atoms with Gasteiger partial charge in [-0.25, -0.2) is 4.79 Å². The number of anilines is 3. The van der Waals surface area contributed by atoms with Gasteiger partial charge in [-0.3, -0.25) is 0 Å². The number of phenols is 1. The first-order valence-corrected chi connectivity index (χ1v) is 6.23. The summed E-state index contributed by atoms with van der Waals surface area (Å²) in [5.74, 6) is -0.204. The van der Waals surface area contributed by atoms with Crippen LogP contribution in [0.1, 0.15) is 17.3 Å². The first-order chi connectivity index (χ1) is 9.60. The molecule has 104 valence electrons. The van der Waals surface area contributed by atoms with E-state index >= 15 is 0 Å². The van der Waals surface area contributed by atoms with Crippen molar-refractivity contribution in [2.45, 2.75) is 6.92 Å². The third-order valence-electron chi connectivity index (χ3n) is 2.71. The molecule has 0 aliphatic rings. The Balaban J connectivity index is 2.24. The van der Waals surface area contributed by atoms with Gasteiger partial charge in [0.1, 0.15) is 5.75 Å². The van der Waals surface area contributed by atoms with Crippen LogP contribution in [0, 0.1) is 0 Å². The first-order valence-electron chi connectivity index (χ1n) is 6.23. The Hall–Kier alpha value is -2.69. The Kier molecular flexibility index (Phi) is 4.10. The summed E-state index contributed by atoms with van der Waals surface area (Å²) in [6.07, 6.45) is 0. The van der Waals surface area contributed by atoms with Crippen LogP contribution in [0.25, 0.3) is 0 Å². The van der Waals surface area contributed by atoms with E-state index in [1.54, 1.807) is 49.4 Å². The zero-order valence-corrected chi connectivity index (χ0v) is 11.1.